The van der Waals surface area contributed by atoms with Crippen molar-refractivity contribution in [3.63, 3.8) is 0 Å². The second-order valence-corrected chi connectivity index (χ2v) is 7.46. The van der Waals surface area contributed by atoms with E-state index in [2.05, 4.69) is 9.88 Å². The minimum atomic E-state index is -1.08. The topological polar surface area (TPSA) is 9.23 Å². The Bertz CT molecular complexity index is 20.9. The maximum atomic E-state index is 4.95. The number of rotatable bonds is 1. The first-order valence-corrected chi connectivity index (χ1v) is 8.49. The van der Waals surface area contributed by atoms with Crippen LogP contribution in [0, 0.1) is 0 Å². The molecule has 0 saturated heterocycles. The van der Waals surface area contributed by atoms with E-state index < -0.39 is 20.2 Å². The van der Waals surface area contributed by atoms with Gasteiger partial charge in [0.1, 0.15) is 0 Å². The Balaban J connectivity index is 2.54. The van der Waals surface area contributed by atoms with Gasteiger partial charge in [0, 0.05) is 0 Å². The van der Waals surface area contributed by atoms with Crippen LogP contribution < -0.4 is 0 Å². The molecular formula is C3H9OSn. The first kappa shape index (κ1) is 5.76. The molecule has 0 aromatic rings. The van der Waals surface area contributed by atoms with Crippen LogP contribution in [0.5, 0.6) is 0 Å². The second-order valence-electron chi connectivity index (χ2n) is 1.11. The molecule has 1 nitrogen and oxygen atoms in total. The molecule has 0 rings (SSSR count). The van der Waals surface area contributed by atoms with Gasteiger partial charge in [-0.3, -0.25) is 0 Å². The van der Waals surface area contributed by atoms with Crippen molar-refractivity contribution in [3.8, 4) is 0 Å². The molecule has 5 heavy (non-hydrogen) atoms. The van der Waals surface area contributed by atoms with Crippen LogP contribution in [0.15, 0.2) is 0 Å². The minimum absolute atomic E-state index is 1.08. The molecule has 1 radical (unpaired) electrons. The normalized spacial score (nSPS) is 9.60. The van der Waals surface area contributed by atoms with Crippen molar-refractivity contribution in [3.05, 3.63) is 0 Å². The molecule has 0 aliphatic rings. The fourth-order valence-electron chi connectivity index (χ4n) is 0. The van der Waals surface area contributed by atoms with Crippen molar-refractivity contribution in [2.24, 2.45) is 0 Å². The zero-order chi connectivity index (χ0) is 4.28. The van der Waals surface area contributed by atoms with Gasteiger partial charge in [-0.15, -0.1) is 0 Å². The van der Waals surface area contributed by atoms with E-state index in [-0.39, 0.29) is 0 Å². The van der Waals surface area contributed by atoms with Gasteiger partial charge >= 0.3 is 40.2 Å². The third-order valence-corrected chi connectivity index (χ3v) is 2.74. The van der Waals surface area contributed by atoms with Crippen LogP contribution in [0.3, 0.4) is 0 Å². The molecule has 0 aromatic carbocycles. The Kier molecular flexibility index (Phi) is 3.42. The average Bonchev–Trinajstić information content (AvgIpc) is 1.38. The number of hydrogen-bond acceptors (Lipinski definition) is 1. The summed E-state index contributed by atoms with van der Waals surface area (Å²) in [7, 11) is 1.79. The summed E-state index contributed by atoms with van der Waals surface area (Å²) < 4.78 is 4.95. The molecule has 0 fully saturated rings. The summed E-state index contributed by atoms with van der Waals surface area (Å²) in [6.45, 7) is 0. The summed E-state index contributed by atoms with van der Waals surface area (Å²) in [5, 5.41) is 0. The van der Waals surface area contributed by atoms with Crippen LogP contribution in [0.1, 0.15) is 0 Å². The Morgan fingerprint density at radius 1 is 1.40 bits per heavy atom. The second kappa shape index (κ2) is 2.97. The van der Waals surface area contributed by atoms with Crippen LogP contribution >= 0.6 is 0 Å². The quantitative estimate of drug-likeness (QED) is 0.544. The Morgan fingerprint density at radius 2 is 1.60 bits per heavy atom. The van der Waals surface area contributed by atoms with E-state index in [1.807, 2.05) is 0 Å². The Morgan fingerprint density at radius 3 is 1.60 bits per heavy atom. The molecule has 0 atom stereocenters. The summed E-state index contributed by atoms with van der Waals surface area (Å²) >= 11 is -1.08. The summed E-state index contributed by atoms with van der Waals surface area (Å²) in [6, 6.07) is 0. The summed E-state index contributed by atoms with van der Waals surface area (Å²) in [5.74, 6) is 0. The molecule has 0 amide bonds. The summed E-state index contributed by atoms with van der Waals surface area (Å²) in [6.07, 6.45) is 0. The van der Waals surface area contributed by atoms with Gasteiger partial charge in [0.15, 0.2) is 0 Å². The van der Waals surface area contributed by atoms with E-state index in [0.29, 0.717) is 0 Å². The molecule has 0 heterocycles. The molecule has 0 aliphatic carbocycles. The standard InChI is InChI=1S/CH3O.2CH3.Sn/c1-2;;;/h1H3;2*1H3;/q-1;;;+1. The van der Waals surface area contributed by atoms with E-state index in [9.17, 15) is 0 Å². The van der Waals surface area contributed by atoms with Gasteiger partial charge in [-0.1, -0.05) is 0 Å². The SMILES string of the molecule is C[O][Sn]([CH3])[CH3]. The van der Waals surface area contributed by atoms with E-state index in [1.54, 1.807) is 7.11 Å². The first-order chi connectivity index (χ1) is 2.27. The van der Waals surface area contributed by atoms with Gasteiger partial charge in [-0.25, -0.2) is 0 Å². The molecule has 0 unspecified atom stereocenters. The van der Waals surface area contributed by atoms with E-state index >= 15 is 0 Å². The van der Waals surface area contributed by atoms with Gasteiger partial charge < -0.3 is 0 Å². The fraction of sp³-hybridized carbons (Fsp3) is 1.00. The molecule has 2 heteroatoms. The predicted octanol–water partition coefficient (Wildman–Crippen LogP) is 0.884. The fourth-order valence-corrected chi connectivity index (χ4v) is 0. The van der Waals surface area contributed by atoms with Gasteiger partial charge in [-0.2, -0.15) is 0 Å². The van der Waals surface area contributed by atoms with Crippen molar-refractivity contribution >= 4 is 20.2 Å². The van der Waals surface area contributed by atoms with Gasteiger partial charge in [0.2, 0.25) is 0 Å². The van der Waals surface area contributed by atoms with Gasteiger partial charge in [0.25, 0.3) is 0 Å². The average molecular weight is 180 g/mol. The first-order valence-electron chi connectivity index (χ1n) is 1.61. The molecule has 31 valence electrons. The van der Waals surface area contributed by atoms with Crippen molar-refractivity contribution in [1.82, 2.24) is 0 Å². The van der Waals surface area contributed by atoms with E-state index in [0.717, 1.165) is 0 Å². The van der Waals surface area contributed by atoms with Crippen molar-refractivity contribution < 1.29 is 3.07 Å². The molecule has 0 bridgehead atoms. The summed E-state index contributed by atoms with van der Waals surface area (Å²) in [5.41, 5.74) is 0. The zero-order valence-corrected chi connectivity index (χ0v) is 6.76. The Labute approximate surface area is 40.6 Å². The predicted molar refractivity (Wildman–Crippen MR) is 24.5 cm³/mol. The zero-order valence-electron chi connectivity index (χ0n) is 3.91. The monoisotopic (exact) mass is 181 g/mol. The third-order valence-electron chi connectivity index (χ3n) is 0.408. The van der Waals surface area contributed by atoms with Crippen LogP contribution in [0.4, 0.5) is 0 Å². The Hall–Kier alpha value is 0.759. The van der Waals surface area contributed by atoms with Gasteiger partial charge in [0.05, 0.1) is 0 Å². The molecule has 0 aliphatic heterocycles. The van der Waals surface area contributed by atoms with Crippen LogP contribution in [-0.2, 0) is 3.07 Å². The third kappa shape index (κ3) is 4.76. The molecule has 0 spiro atoms. The maximum absolute atomic E-state index is 4.95. The van der Waals surface area contributed by atoms with Crippen LogP contribution in [0.25, 0.3) is 0 Å². The van der Waals surface area contributed by atoms with Crippen molar-refractivity contribution in [2.45, 2.75) is 9.88 Å². The molecule has 0 aromatic heterocycles. The molecular weight excluding hydrogens is 171 g/mol. The van der Waals surface area contributed by atoms with E-state index in [1.165, 1.54) is 0 Å². The molecule has 0 saturated carbocycles. The van der Waals surface area contributed by atoms with Crippen LogP contribution in [0.2, 0.25) is 9.88 Å². The van der Waals surface area contributed by atoms with Gasteiger partial charge in [-0.05, 0) is 0 Å². The van der Waals surface area contributed by atoms with Crippen LogP contribution in [-0.4, -0.2) is 27.3 Å². The van der Waals surface area contributed by atoms with E-state index in [4.69, 9.17) is 3.07 Å². The van der Waals surface area contributed by atoms with Crippen molar-refractivity contribution in [1.29, 1.82) is 0 Å². The molecule has 0 N–H and O–H groups in total. The number of hydrogen-bond donors (Lipinski definition) is 0. The van der Waals surface area contributed by atoms with Crippen molar-refractivity contribution in [2.75, 3.05) is 7.11 Å². The summed E-state index contributed by atoms with van der Waals surface area (Å²) in [4.78, 5) is 4.39.